The van der Waals surface area contributed by atoms with Gasteiger partial charge in [-0.3, -0.25) is 9.89 Å². The third kappa shape index (κ3) is 3.11. The topological polar surface area (TPSA) is 39.7 Å². The van der Waals surface area contributed by atoms with Crippen LogP contribution in [0.2, 0.25) is 0 Å². The molecule has 0 amide bonds. The van der Waals surface area contributed by atoms with Gasteiger partial charge in [0, 0.05) is 37.8 Å². The summed E-state index contributed by atoms with van der Waals surface area (Å²) < 4.78 is 0. The van der Waals surface area contributed by atoms with Crippen molar-refractivity contribution in [3.05, 3.63) is 0 Å². The van der Waals surface area contributed by atoms with Crippen LogP contribution in [-0.2, 0) is 0 Å². The van der Waals surface area contributed by atoms with Crippen LogP contribution in [0.4, 0.5) is 0 Å². The van der Waals surface area contributed by atoms with E-state index in [1.165, 1.54) is 32.4 Å². The lowest BCUT2D eigenvalue weighted by Crippen LogP contribution is -2.48. The van der Waals surface area contributed by atoms with Gasteiger partial charge in [0.25, 0.3) is 0 Å². The Bertz CT molecular complexity index is 386. The molecular weight excluding hydrogens is 248 g/mol. The van der Waals surface area contributed by atoms with Crippen LogP contribution in [0.25, 0.3) is 0 Å². The Morgan fingerprint density at radius 1 is 1.25 bits per heavy atom. The molecule has 0 spiro atoms. The van der Waals surface area contributed by atoms with E-state index in [1.807, 2.05) is 0 Å². The van der Waals surface area contributed by atoms with E-state index >= 15 is 0 Å². The predicted molar refractivity (Wildman–Crippen MR) is 84.0 cm³/mol. The minimum atomic E-state index is 0.442. The van der Waals surface area contributed by atoms with Gasteiger partial charge in [0.1, 0.15) is 0 Å². The molecule has 4 nitrogen and oxygen atoms in total. The van der Waals surface area contributed by atoms with Crippen LogP contribution in [0.1, 0.15) is 47.0 Å². The molecule has 0 aromatic rings. The van der Waals surface area contributed by atoms with E-state index in [0.717, 1.165) is 18.5 Å². The molecule has 0 aromatic carbocycles. The van der Waals surface area contributed by atoms with Gasteiger partial charge in [0.2, 0.25) is 0 Å². The fraction of sp³-hybridized carbons (Fsp3) is 0.938. The molecule has 3 unspecified atom stereocenters. The quantitative estimate of drug-likeness (QED) is 0.609. The number of nitrogens with one attached hydrogen (secondary N) is 2. The van der Waals surface area contributed by atoms with E-state index in [4.69, 9.17) is 0 Å². The first-order valence-corrected chi connectivity index (χ1v) is 8.31. The number of likely N-dealkylation sites (tertiary alicyclic amines) is 1. The molecule has 3 atom stereocenters. The molecule has 2 saturated carbocycles. The van der Waals surface area contributed by atoms with Gasteiger partial charge in [-0.25, -0.2) is 0 Å². The monoisotopic (exact) mass is 278 g/mol. The summed E-state index contributed by atoms with van der Waals surface area (Å²) in [6.45, 7) is 12.4. The maximum Gasteiger partial charge on any atom is 0.191 e. The van der Waals surface area contributed by atoms with Crippen LogP contribution < -0.4 is 10.6 Å². The van der Waals surface area contributed by atoms with Gasteiger partial charge in [-0.1, -0.05) is 20.8 Å². The summed E-state index contributed by atoms with van der Waals surface area (Å²) in [4.78, 5) is 7.29. The normalized spacial score (nSPS) is 37.0. The SMILES string of the molecule is CCN=C(NC1CN(C2CC2)CC1C)NC1CC1(C)C. The van der Waals surface area contributed by atoms with Crippen molar-refractivity contribution in [3.63, 3.8) is 0 Å². The average Bonchev–Trinajstić information content (AvgIpc) is 3.25. The van der Waals surface area contributed by atoms with Crippen LogP contribution in [0, 0.1) is 11.3 Å². The lowest BCUT2D eigenvalue weighted by molar-refractivity contribution is 0.315. The second kappa shape index (κ2) is 5.21. The average molecular weight is 278 g/mol. The zero-order valence-electron chi connectivity index (χ0n) is 13.4. The highest BCUT2D eigenvalue weighted by atomic mass is 15.3. The zero-order valence-corrected chi connectivity index (χ0v) is 13.4. The molecule has 1 saturated heterocycles. The third-order valence-corrected chi connectivity index (χ3v) is 5.17. The van der Waals surface area contributed by atoms with Gasteiger partial charge in [-0.05, 0) is 37.5 Å². The number of hydrogen-bond donors (Lipinski definition) is 2. The Balaban J connectivity index is 1.54. The summed E-state index contributed by atoms with van der Waals surface area (Å²) >= 11 is 0. The summed E-state index contributed by atoms with van der Waals surface area (Å²) in [5, 5.41) is 7.30. The van der Waals surface area contributed by atoms with E-state index in [9.17, 15) is 0 Å². The fourth-order valence-corrected chi connectivity index (χ4v) is 3.28. The number of nitrogens with zero attached hydrogens (tertiary/aromatic N) is 2. The smallest absolute Gasteiger partial charge is 0.191 e. The van der Waals surface area contributed by atoms with Crippen LogP contribution in [0.5, 0.6) is 0 Å². The summed E-state index contributed by atoms with van der Waals surface area (Å²) in [7, 11) is 0. The molecule has 4 heteroatoms. The van der Waals surface area contributed by atoms with Crippen molar-refractivity contribution >= 4 is 5.96 Å². The Hall–Kier alpha value is -0.770. The highest BCUT2D eigenvalue weighted by Crippen LogP contribution is 2.44. The minimum absolute atomic E-state index is 0.442. The molecule has 0 aromatic heterocycles. The molecule has 114 valence electrons. The van der Waals surface area contributed by atoms with Crippen LogP contribution >= 0.6 is 0 Å². The van der Waals surface area contributed by atoms with Gasteiger partial charge < -0.3 is 10.6 Å². The molecule has 3 rings (SSSR count). The number of aliphatic imine (C=N–C) groups is 1. The minimum Gasteiger partial charge on any atom is -0.353 e. The van der Waals surface area contributed by atoms with Crippen molar-refractivity contribution in [2.45, 2.75) is 65.1 Å². The maximum absolute atomic E-state index is 4.63. The molecule has 1 aliphatic heterocycles. The summed E-state index contributed by atoms with van der Waals surface area (Å²) in [5.41, 5.74) is 0.442. The van der Waals surface area contributed by atoms with E-state index in [1.54, 1.807) is 0 Å². The third-order valence-electron chi connectivity index (χ3n) is 5.17. The molecular formula is C16H30N4. The maximum atomic E-state index is 4.63. The molecule has 0 bridgehead atoms. The highest BCUT2D eigenvalue weighted by Gasteiger charge is 2.46. The molecule has 3 aliphatic rings. The predicted octanol–water partition coefficient (Wildman–Crippen LogP) is 1.82. The van der Waals surface area contributed by atoms with Gasteiger partial charge in [0.05, 0.1) is 0 Å². The van der Waals surface area contributed by atoms with Crippen LogP contribution in [-0.4, -0.2) is 48.6 Å². The lowest BCUT2D eigenvalue weighted by atomic mass is 10.1. The number of rotatable bonds is 4. The first-order chi connectivity index (χ1) is 9.49. The Labute approximate surface area is 123 Å². The molecule has 2 aliphatic carbocycles. The highest BCUT2D eigenvalue weighted by molar-refractivity contribution is 5.81. The summed E-state index contributed by atoms with van der Waals surface area (Å²) in [5.74, 6) is 1.74. The molecule has 3 fully saturated rings. The zero-order chi connectivity index (χ0) is 14.3. The largest absolute Gasteiger partial charge is 0.353 e. The van der Waals surface area contributed by atoms with Gasteiger partial charge >= 0.3 is 0 Å². The Kier molecular flexibility index (Phi) is 3.69. The van der Waals surface area contributed by atoms with Gasteiger partial charge in [-0.2, -0.15) is 0 Å². The van der Waals surface area contributed by atoms with Crippen molar-refractivity contribution < 1.29 is 0 Å². The molecule has 20 heavy (non-hydrogen) atoms. The first-order valence-electron chi connectivity index (χ1n) is 8.31. The van der Waals surface area contributed by atoms with Crippen molar-refractivity contribution in [3.8, 4) is 0 Å². The van der Waals surface area contributed by atoms with Gasteiger partial charge in [0.15, 0.2) is 5.96 Å². The molecule has 0 radical (unpaired) electrons. The summed E-state index contributed by atoms with van der Waals surface area (Å²) in [6.07, 6.45) is 4.07. The molecule has 1 heterocycles. The van der Waals surface area contributed by atoms with E-state index in [0.29, 0.717) is 23.4 Å². The number of guanidine groups is 1. The van der Waals surface area contributed by atoms with E-state index in [-0.39, 0.29) is 0 Å². The standard InChI is InChI=1S/C16H30N4/c1-5-17-15(19-14-8-16(14,3)4)18-13-10-20(9-11(13)2)12-6-7-12/h11-14H,5-10H2,1-4H3,(H2,17,18,19). The van der Waals surface area contributed by atoms with E-state index in [2.05, 4.69) is 48.2 Å². The fourth-order valence-electron chi connectivity index (χ4n) is 3.28. The van der Waals surface area contributed by atoms with Crippen molar-refractivity contribution in [1.29, 1.82) is 0 Å². The summed E-state index contributed by atoms with van der Waals surface area (Å²) in [6, 6.07) is 2.03. The van der Waals surface area contributed by atoms with Gasteiger partial charge in [-0.15, -0.1) is 0 Å². The first kappa shape index (κ1) is 14.2. The van der Waals surface area contributed by atoms with Crippen molar-refractivity contribution in [2.75, 3.05) is 19.6 Å². The van der Waals surface area contributed by atoms with Crippen LogP contribution in [0.15, 0.2) is 4.99 Å². The second-order valence-corrected chi connectivity index (χ2v) is 7.63. The molecule has 2 N–H and O–H groups in total. The van der Waals surface area contributed by atoms with Crippen LogP contribution in [0.3, 0.4) is 0 Å². The Morgan fingerprint density at radius 2 is 1.95 bits per heavy atom. The van der Waals surface area contributed by atoms with Crippen molar-refractivity contribution in [2.24, 2.45) is 16.3 Å². The van der Waals surface area contributed by atoms with Crippen molar-refractivity contribution in [1.82, 2.24) is 15.5 Å². The van der Waals surface area contributed by atoms with E-state index < -0.39 is 0 Å². The number of hydrogen-bond acceptors (Lipinski definition) is 2. The lowest BCUT2D eigenvalue weighted by Gasteiger charge is -2.21. The second-order valence-electron chi connectivity index (χ2n) is 7.63. The Morgan fingerprint density at radius 3 is 2.50 bits per heavy atom.